The predicted molar refractivity (Wildman–Crippen MR) is 341 cm³/mol. The summed E-state index contributed by atoms with van der Waals surface area (Å²) in [5, 5.41) is 0. The molecule has 0 saturated heterocycles. The van der Waals surface area contributed by atoms with E-state index in [0.29, 0.717) is 66.8 Å². The van der Waals surface area contributed by atoms with E-state index in [1.165, 1.54) is 0 Å². The van der Waals surface area contributed by atoms with E-state index in [2.05, 4.69) is 0 Å². The van der Waals surface area contributed by atoms with Gasteiger partial charge in [0.25, 0.3) is 0 Å². The van der Waals surface area contributed by atoms with Crippen molar-refractivity contribution in [3.8, 4) is 0 Å². The molecule has 0 radical (unpaired) electrons. The Hall–Kier alpha value is -10.8. The Balaban J connectivity index is 1.22. The van der Waals surface area contributed by atoms with Gasteiger partial charge in [0.1, 0.15) is 0 Å². The number of benzene rings is 12. The van der Waals surface area contributed by atoms with Crippen LogP contribution in [-0.2, 0) is 72.3 Å². The standard InChI is InChI=1S/4C20H16O2.Ti/c4*21-19(22)20(16-10-4-1-5-11-16,17-12-6-2-7-13-17)18-14-8-3-9-15-18;/h4*1-15H,(H,21,22);/q;;;;+4/p-4. The molecule has 0 aliphatic carbocycles. The van der Waals surface area contributed by atoms with Crippen molar-refractivity contribution in [1.82, 2.24) is 0 Å². The SMILES string of the molecule is O=C([O][Ti]([O]C(=O)C(c1ccccc1)(c1ccccc1)c1ccccc1)([O]C(=O)C(c1ccccc1)(c1ccccc1)c1ccccc1)[O]C(=O)C(c1ccccc1)(c1ccccc1)c1ccccc1)C(c1ccccc1)(c1ccccc1)c1ccccc1. The summed E-state index contributed by atoms with van der Waals surface area (Å²) in [4.78, 5) is 69.8. The molecule has 0 aromatic heterocycles. The number of carbonyl (C=O) groups is 4. The first-order valence-corrected chi connectivity index (χ1v) is 31.9. The molecule has 432 valence electrons. The number of hydrogen-bond acceptors (Lipinski definition) is 8. The van der Waals surface area contributed by atoms with E-state index >= 15 is 19.2 Å². The molecule has 8 nitrogen and oxygen atoms in total. The summed E-state index contributed by atoms with van der Waals surface area (Å²) < 4.78 is 29.6. The fourth-order valence-corrected chi connectivity index (χ4v) is 15.3. The van der Waals surface area contributed by atoms with Crippen LogP contribution < -0.4 is 0 Å². The van der Waals surface area contributed by atoms with Crippen molar-refractivity contribution in [3.63, 3.8) is 0 Å². The van der Waals surface area contributed by atoms with Gasteiger partial charge in [-0.05, 0) is 0 Å². The molecule has 0 bridgehead atoms. The van der Waals surface area contributed by atoms with Crippen molar-refractivity contribution in [2.24, 2.45) is 0 Å². The third-order valence-corrected chi connectivity index (χ3v) is 19.3. The first kappa shape index (κ1) is 58.6. The van der Waals surface area contributed by atoms with Crippen LogP contribution in [0.1, 0.15) is 66.8 Å². The van der Waals surface area contributed by atoms with Crippen molar-refractivity contribution in [3.05, 3.63) is 431 Å². The second-order valence-electron chi connectivity index (χ2n) is 21.5. The average Bonchev–Trinajstić information content (AvgIpc) is 1.18. The van der Waals surface area contributed by atoms with E-state index in [9.17, 15) is 0 Å². The monoisotopic (exact) mass is 1200 g/mol. The van der Waals surface area contributed by atoms with Gasteiger partial charge >= 0.3 is 527 Å². The normalized spacial score (nSPS) is 11.8. The predicted octanol–water partition coefficient (Wildman–Crippen LogP) is 16.1. The van der Waals surface area contributed by atoms with Crippen molar-refractivity contribution in [1.29, 1.82) is 0 Å². The van der Waals surface area contributed by atoms with Crippen LogP contribution in [-0.4, -0.2) is 23.9 Å². The minimum absolute atomic E-state index is 0.439. The van der Waals surface area contributed by atoms with E-state index in [1.807, 2.05) is 364 Å². The first-order valence-electron chi connectivity index (χ1n) is 29.4. The van der Waals surface area contributed by atoms with Gasteiger partial charge in [0.05, 0.1) is 0 Å². The molecular formula is C80H60O8Ti. The first-order chi connectivity index (χ1) is 43.8. The van der Waals surface area contributed by atoms with Crippen molar-refractivity contribution in [2.75, 3.05) is 0 Å². The Labute approximate surface area is 523 Å². The summed E-state index contributed by atoms with van der Waals surface area (Å²) in [6.45, 7) is 0. The molecule has 12 aromatic carbocycles. The zero-order chi connectivity index (χ0) is 61.0. The maximum atomic E-state index is 17.5. The van der Waals surface area contributed by atoms with Gasteiger partial charge in [-0.25, -0.2) is 0 Å². The van der Waals surface area contributed by atoms with Gasteiger partial charge in [-0.3, -0.25) is 0 Å². The van der Waals surface area contributed by atoms with Gasteiger partial charge in [0.15, 0.2) is 0 Å². The Morgan fingerprint density at radius 1 is 0.169 bits per heavy atom. The fraction of sp³-hybridized carbons (Fsp3) is 0.0500. The average molecular weight is 1200 g/mol. The molecular weight excluding hydrogens is 1140 g/mol. The molecule has 89 heavy (non-hydrogen) atoms. The fourth-order valence-electron chi connectivity index (χ4n) is 12.6. The summed E-state index contributed by atoms with van der Waals surface area (Å²) >= 11 is -7.41. The van der Waals surface area contributed by atoms with E-state index in [-0.39, 0.29) is 0 Å². The summed E-state index contributed by atoms with van der Waals surface area (Å²) in [6, 6.07) is 109. The van der Waals surface area contributed by atoms with Crippen LogP contribution in [0.2, 0.25) is 0 Å². The molecule has 12 rings (SSSR count). The zero-order valence-corrected chi connectivity index (χ0v) is 50.0. The molecule has 0 spiro atoms. The molecule has 0 heterocycles. The Morgan fingerprint density at radius 3 is 0.348 bits per heavy atom. The summed E-state index contributed by atoms with van der Waals surface area (Å²) in [5.41, 5.74) is -2.54. The quantitative estimate of drug-likeness (QED) is 0.0549. The van der Waals surface area contributed by atoms with Crippen LogP contribution in [0.4, 0.5) is 0 Å². The molecule has 0 fully saturated rings. The van der Waals surface area contributed by atoms with Gasteiger partial charge in [-0.15, -0.1) is 0 Å². The van der Waals surface area contributed by atoms with Crippen molar-refractivity contribution >= 4 is 23.9 Å². The Bertz CT molecular complexity index is 3330. The molecule has 12 aromatic rings. The van der Waals surface area contributed by atoms with Gasteiger partial charge in [-0.2, -0.15) is 0 Å². The van der Waals surface area contributed by atoms with E-state index in [1.54, 1.807) is 0 Å². The van der Waals surface area contributed by atoms with Crippen molar-refractivity contribution in [2.45, 2.75) is 21.7 Å². The Morgan fingerprint density at radius 2 is 0.258 bits per heavy atom. The minimum atomic E-state index is -7.41. The van der Waals surface area contributed by atoms with Crippen LogP contribution in [0.15, 0.2) is 364 Å². The number of rotatable bonds is 20. The molecule has 0 unspecified atom stereocenters. The van der Waals surface area contributed by atoms with Gasteiger partial charge in [-0.1, -0.05) is 0 Å². The third-order valence-electron chi connectivity index (χ3n) is 16.6. The molecule has 0 atom stereocenters. The van der Waals surface area contributed by atoms with Gasteiger partial charge in [0.2, 0.25) is 0 Å². The Kier molecular flexibility index (Phi) is 17.2. The topological polar surface area (TPSA) is 105 Å². The molecule has 0 N–H and O–H groups in total. The van der Waals surface area contributed by atoms with Gasteiger partial charge in [0, 0.05) is 0 Å². The second kappa shape index (κ2) is 26.1. The third kappa shape index (κ3) is 10.8. The van der Waals surface area contributed by atoms with Gasteiger partial charge < -0.3 is 0 Å². The van der Waals surface area contributed by atoms with E-state index in [0.717, 1.165) is 0 Å². The molecule has 0 aliphatic rings. The molecule has 9 heteroatoms. The van der Waals surface area contributed by atoms with Crippen LogP contribution >= 0.6 is 0 Å². The summed E-state index contributed by atoms with van der Waals surface area (Å²) in [5.74, 6) is -4.30. The summed E-state index contributed by atoms with van der Waals surface area (Å²) in [6.07, 6.45) is 0. The summed E-state index contributed by atoms with van der Waals surface area (Å²) in [7, 11) is 0. The van der Waals surface area contributed by atoms with E-state index in [4.69, 9.17) is 13.3 Å². The molecule has 0 amide bonds. The molecule has 0 aliphatic heterocycles. The van der Waals surface area contributed by atoms with E-state index < -0.39 is 63.7 Å². The van der Waals surface area contributed by atoms with Crippen LogP contribution in [0.25, 0.3) is 0 Å². The zero-order valence-electron chi connectivity index (χ0n) is 48.4. The second-order valence-corrected chi connectivity index (χ2v) is 24.3. The maximum absolute atomic E-state index is 17.5. The molecule has 0 saturated carbocycles. The van der Waals surface area contributed by atoms with Crippen LogP contribution in [0.3, 0.4) is 0 Å². The van der Waals surface area contributed by atoms with Crippen LogP contribution in [0.5, 0.6) is 0 Å². The number of carbonyl (C=O) groups excluding carboxylic acids is 4. The van der Waals surface area contributed by atoms with Crippen molar-refractivity contribution < 1.29 is 50.6 Å². The number of hydrogen-bond donors (Lipinski definition) is 0. The van der Waals surface area contributed by atoms with Crippen LogP contribution in [0, 0.1) is 0 Å².